The Morgan fingerprint density at radius 3 is 2.47 bits per heavy atom. The molecule has 0 fully saturated rings. The first kappa shape index (κ1) is 11.9. The number of nitrogens with zero attached hydrogens (tertiary/aromatic N) is 1. The van der Waals surface area contributed by atoms with Crippen LogP contribution >= 0.6 is 0 Å². The Hall–Kier alpha value is -1.14. The fraction of sp³-hybridized carbons (Fsp3) is 0.444. The number of aromatic nitrogens is 1. The highest BCUT2D eigenvalue weighted by Gasteiger charge is 2.43. The van der Waals surface area contributed by atoms with Crippen LogP contribution in [0.3, 0.4) is 0 Å². The average molecular weight is 220 g/mol. The van der Waals surface area contributed by atoms with Gasteiger partial charge in [0.15, 0.2) is 6.10 Å². The minimum atomic E-state index is -4.68. The third-order valence-electron chi connectivity index (χ3n) is 2.04. The number of alkyl halides is 3. The van der Waals surface area contributed by atoms with Gasteiger partial charge in [-0.25, -0.2) is 0 Å². The lowest BCUT2D eigenvalue weighted by Gasteiger charge is -2.22. The minimum absolute atomic E-state index is 0.143. The summed E-state index contributed by atoms with van der Waals surface area (Å²) in [5, 5.41) is 9.05. The van der Waals surface area contributed by atoms with E-state index in [1.54, 1.807) is 12.1 Å². The van der Waals surface area contributed by atoms with Gasteiger partial charge in [0.2, 0.25) is 0 Å². The summed E-state index contributed by atoms with van der Waals surface area (Å²) in [7, 11) is 0. The van der Waals surface area contributed by atoms with Crippen LogP contribution in [0.2, 0.25) is 0 Å². The van der Waals surface area contributed by atoms with E-state index in [2.05, 4.69) is 4.98 Å². The monoisotopic (exact) mass is 220 g/mol. The van der Waals surface area contributed by atoms with E-state index in [1.807, 2.05) is 0 Å². The van der Waals surface area contributed by atoms with Crippen LogP contribution < -0.4 is 5.73 Å². The standard InChI is InChI=1S/C9H11F3N2O/c10-9(11,12)8(15)6(5-13)7-3-1-2-4-14-7/h1-4,6,8,15H,5,13H2. The van der Waals surface area contributed by atoms with E-state index in [-0.39, 0.29) is 12.2 Å². The van der Waals surface area contributed by atoms with Gasteiger partial charge in [0.1, 0.15) is 0 Å². The van der Waals surface area contributed by atoms with Gasteiger partial charge in [-0.15, -0.1) is 0 Å². The molecule has 15 heavy (non-hydrogen) atoms. The molecule has 0 spiro atoms. The third-order valence-corrected chi connectivity index (χ3v) is 2.04. The molecule has 0 aliphatic heterocycles. The highest BCUT2D eigenvalue weighted by atomic mass is 19.4. The van der Waals surface area contributed by atoms with Gasteiger partial charge < -0.3 is 10.8 Å². The van der Waals surface area contributed by atoms with Crippen molar-refractivity contribution in [1.82, 2.24) is 4.98 Å². The van der Waals surface area contributed by atoms with Crippen molar-refractivity contribution in [2.24, 2.45) is 5.73 Å². The molecule has 0 bridgehead atoms. The second-order valence-electron chi connectivity index (χ2n) is 3.08. The van der Waals surface area contributed by atoms with E-state index in [0.717, 1.165) is 0 Å². The van der Waals surface area contributed by atoms with Crippen LogP contribution in [0, 0.1) is 0 Å². The molecule has 3 N–H and O–H groups in total. The van der Waals surface area contributed by atoms with Crippen molar-refractivity contribution in [3.05, 3.63) is 30.1 Å². The fourth-order valence-corrected chi connectivity index (χ4v) is 1.23. The molecule has 2 atom stereocenters. The molecule has 0 saturated carbocycles. The molecule has 84 valence electrons. The number of aliphatic hydroxyl groups is 1. The zero-order valence-corrected chi connectivity index (χ0v) is 7.78. The maximum atomic E-state index is 12.2. The number of nitrogens with two attached hydrogens (primary N) is 1. The number of aliphatic hydroxyl groups excluding tert-OH is 1. The van der Waals surface area contributed by atoms with Crippen LogP contribution in [0.4, 0.5) is 13.2 Å². The predicted octanol–water partition coefficient (Wildman–Crippen LogP) is 1.05. The topological polar surface area (TPSA) is 59.1 Å². The van der Waals surface area contributed by atoms with E-state index in [4.69, 9.17) is 10.8 Å². The quantitative estimate of drug-likeness (QED) is 0.800. The van der Waals surface area contributed by atoms with E-state index in [0.29, 0.717) is 0 Å². The molecule has 0 radical (unpaired) electrons. The molecule has 0 aliphatic rings. The first-order valence-electron chi connectivity index (χ1n) is 4.32. The number of hydrogen-bond donors (Lipinski definition) is 2. The molecule has 0 aliphatic carbocycles. The van der Waals surface area contributed by atoms with Crippen molar-refractivity contribution in [3.63, 3.8) is 0 Å². The van der Waals surface area contributed by atoms with Gasteiger partial charge in [-0.1, -0.05) is 6.07 Å². The number of pyridine rings is 1. The van der Waals surface area contributed by atoms with E-state index in [9.17, 15) is 13.2 Å². The normalized spacial score (nSPS) is 16.1. The second kappa shape index (κ2) is 4.59. The Morgan fingerprint density at radius 2 is 2.07 bits per heavy atom. The van der Waals surface area contributed by atoms with Gasteiger partial charge in [-0.3, -0.25) is 4.98 Å². The molecule has 0 amide bonds. The van der Waals surface area contributed by atoms with E-state index < -0.39 is 18.2 Å². The van der Waals surface area contributed by atoms with Crippen molar-refractivity contribution < 1.29 is 18.3 Å². The van der Waals surface area contributed by atoms with Crippen LogP contribution in [0.25, 0.3) is 0 Å². The van der Waals surface area contributed by atoms with Crippen molar-refractivity contribution in [2.45, 2.75) is 18.2 Å². The van der Waals surface area contributed by atoms with Crippen LogP contribution in [-0.2, 0) is 0 Å². The summed E-state index contributed by atoms with van der Waals surface area (Å²) >= 11 is 0. The Morgan fingerprint density at radius 1 is 1.40 bits per heavy atom. The largest absolute Gasteiger partial charge is 0.415 e. The zero-order chi connectivity index (χ0) is 11.5. The summed E-state index contributed by atoms with van der Waals surface area (Å²) in [6, 6.07) is 4.54. The predicted molar refractivity (Wildman–Crippen MR) is 48.1 cm³/mol. The Bertz CT molecular complexity index is 302. The van der Waals surface area contributed by atoms with E-state index in [1.165, 1.54) is 12.3 Å². The molecule has 3 nitrogen and oxygen atoms in total. The zero-order valence-electron chi connectivity index (χ0n) is 7.78. The summed E-state index contributed by atoms with van der Waals surface area (Å²) in [6.45, 7) is -0.308. The molecule has 0 aromatic carbocycles. The van der Waals surface area contributed by atoms with Gasteiger partial charge in [-0.05, 0) is 12.1 Å². The highest BCUT2D eigenvalue weighted by molar-refractivity contribution is 5.12. The lowest BCUT2D eigenvalue weighted by atomic mass is 9.97. The number of hydrogen-bond acceptors (Lipinski definition) is 3. The Balaban J connectivity index is 2.90. The van der Waals surface area contributed by atoms with Crippen molar-refractivity contribution in [1.29, 1.82) is 0 Å². The SMILES string of the molecule is NCC(c1ccccn1)C(O)C(F)(F)F. The average Bonchev–Trinajstić information content (AvgIpc) is 2.19. The molecular formula is C9H11F3N2O. The number of rotatable bonds is 3. The summed E-state index contributed by atoms with van der Waals surface area (Å²) < 4.78 is 36.7. The molecule has 1 aromatic heterocycles. The van der Waals surface area contributed by atoms with Crippen LogP contribution in [-0.4, -0.2) is 28.9 Å². The summed E-state index contributed by atoms with van der Waals surface area (Å²) in [6.07, 6.45) is -5.79. The van der Waals surface area contributed by atoms with Crippen LogP contribution in [0.5, 0.6) is 0 Å². The molecule has 0 saturated heterocycles. The molecule has 1 rings (SSSR count). The lowest BCUT2D eigenvalue weighted by molar-refractivity contribution is -0.210. The van der Waals surface area contributed by atoms with Gasteiger partial charge in [-0.2, -0.15) is 13.2 Å². The second-order valence-corrected chi connectivity index (χ2v) is 3.08. The minimum Gasteiger partial charge on any atom is -0.383 e. The first-order chi connectivity index (χ1) is 6.96. The van der Waals surface area contributed by atoms with Crippen molar-refractivity contribution in [3.8, 4) is 0 Å². The van der Waals surface area contributed by atoms with Crippen LogP contribution in [0.15, 0.2) is 24.4 Å². The fourth-order valence-electron chi connectivity index (χ4n) is 1.23. The molecule has 2 unspecified atom stereocenters. The molecule has 1 heterocycles. The van der Waals surface area contributed by atoms with Gasteiger partial charge in [0, 0.05) is 24.4 Å². The maximum Gasteiger partial charge on any atom is 0.415 e. The molecule has 1 aromatic rings. The van der Waals surface area contributed by atoms with Crippen LogP contribution in [0.1, 0.15) is 11.6 Å². The van der Waals surface area contributed by atoms with E-state index >= 15 is 0 Å². The number of halogens is 3. The first-order valence-corrected chi connectivity index (χ1v) is 4.32. The lowest BCUT2D eigenvalue weighted by Crippen LogP contribution is -2.38. The highest BCUT2D eigenvalue weighted by Crippen LogP contribution is 2.30. The maximum absolute atomic E-state index is 12.2. The summed E-state index contributed by atoms with van der Waals surface area (Å²) in [5.41, 5.74) is 5.35. The molecule has 6 heteroatoms. The Kier molecular flexibility index (Phi) is 3.65. The molecular weight excluding hydrogens is 209 g/mol. The van der Waals surface area contributed by atoms with Crippen molar-refractivity contribution >= 4 is 0 Å². The van der Waals surface area contributed by atoms with Crippen molar-refractivity contribution in [2.75, 3.05) is 6.54 Å². The third kappa shape index (κ3) is 2.90. The smallest absolute Gasteiger partial charge is 0.383 e. The van der Waals surface area contributed by atoms with Gasteiger partial charge in [0.25, 0.3) is 0 Å². The Labute approximate surface area is 84.7 Å². The summed E-state index contributed by atoms with van der Waals surface area (Å²) in [5.74, 6) is -1.22. The van der Waals surface area contributed by atoms with Gasteiger partial charge >= 0.3 is 6.18 Å². The summed E-state index contributed by atoms with van der Waals surface area (Å²) in [4.78, 5) is 3.74. The van der Waals surface area contributed by atoms with Gasteiger partial charge in [0.05, 0.1) is 0 Å².